The number of aromatic nitrogens is 3. The van der Waals surface area contributed by atoms with Gasteiger partial charge in [-0.25, -0.2) is 0 Å². The van der Waals surface area contributed by atoms with E-state index in [0.717, 1.165) is 38.4 Å². The van der Waals surface area contributed by atoms with Crippen molar-refractivity contribution in [1.82, 2.24) is 25.0 Å². The summed E-state index contributed by atoms with van der Waals surface area (Å²) in [7, 11) is 3.74. The van der Waals surface area contributed by atoms with E-state index in [1.807, 2.05) is 24.1 Å². The SMILES string of the molecule is CN=C(NCCCn1ccc2ccccc21)NCCc1cnn(C)c1.I. The molecule has 140 valence electrons. The zero-order valence-electron chi connectivity index (χ0n) is 15.4. The summed E-state index contributed by atoms with van der Waals surface area (Å²) in [6.07, 6.45) is 8.08. The Balaban J connectivity index is 0.00000243. The van der Waals surface area contributed by atoms with Gasteiger partial charge in [0.1, 0.15) is 0 Å². The van der Waals surface area contributed by atoms with Crippen LogP contribution in [0.3, 0.4) is 0 Å². The molecular formula is C19H27IN6. The highest BCUT2D eigenvalue weighted by Crippen LogP contribution is 2.15. The molecule has 0 saturated carbocycles. The summed E-state index contributed by atoms with van der Waals surface area (Å²) in [5.41, 5.74) is 2.52. The molecule has 0 unspecified atom stereocenters. The number of guanidine groups is 1. The van der Waals surface area contributed by atoms with E-state index in [1.165, 1.54) is 16.5 Å². The number of halogens is 1. The van der Waals surface area contributed by atoms with E-state index in [1.54, 1.807) is 7.05 Å². The Kier molecular flexibility index (Phi) is 7.96. The lowest BCUT2D eigenvalue weighted by Gasteiger charge is -2.12. The third-order valence-electron chi connectivity index (χ3n) is 4.24. The van der Waals surface area contributed by atoms with E-state index in [9.17, 15) is 0 Å². The molecule has 1 aromatic carbocycles. The predicted octanol–water partition coefficient (Wildman–Crippen LogP) is 2.79. The van der Waals surface area contributed by atoms with Gasteiger partial charge in [0.2, 0.25) is 0 Å². The maximum atomic E-state index is 4.28. The van der Waals surface area contributed by atoms with Gasteiger partial charge in [0.25, 0.3) is 0 Å². The van der Waals surface area contributed by atoms with Gasteiger partial charge in [-0.2, -0.15) is 5.10 Å². The number of hydrogen-bond acceptors (Lipinski definition) is 2. The molecule has 2 N–H and O–H groups in total. The van der Waals surface area contributed by atoms with Crippen molar-refractivity contribution >= 4 is 40.8 Å². The lowest BCUT2D eigenvalue weighted by Crippen LogP contribution is -2.38. The summed E-state index contributed by atoms with van der Waals surface area (Å²) in [4.78, 5) is 4.28. The van der Waals surface area contributed by atoms with Gasteiger partial charge in [0.05, 0.1) is 6.20 Å². The minimum absolute atomic E-state index is 0. The van der Waals surface area contributed by atoms with Gasteiger partial charge in [-0.05, 0) is 35.9 Å². The second-order valence-electron chi connectivity index (χ2n) is 6.12. The van der Waals surface area contributed by atoms with Gasteiger partial charge in [-0.15, -0.1) is 24.0 Å². The first-order valence-corrected chi connectivity index (χ1v) is 8.72. The van der Waals surface area contributed by atoms with E-state index in [-0.39, 0.29) is 24.0 Å². The minimum atomic E-state index is 0. The molecule has 0 saturated heterocycles. The zero-order chi connectivity index (χ0) is 17.5. The summed E-state index contributed by atoms with van der Waals surface area (Å²) >= 11 is 0. The Morgan fingerprint density at radius 3 is 2.73 bits per heavy atom. The molecule has 0 spiro atoms. The van der Waals surface area contributed by atoms with E-state index in [2.05, 4.69) is 61.8 Å². The van der Waals surface area contributed by atoms with Crippen LogP contribution < -0.4 is 10.6 Å². The van der Waals surface area contributed by atoms with Crippen molar-refractivity contribution in [3.63, 3.8) is 0 Å². The van der Waals surface area contributed by atoms with Crippen molar-refractivity contribution in [2.75, 3.05) is 20.1 Å². The molecule has 0 bridgehead atoms. The Labute approximate surface area is 171 Å². The maximum Gasteiger partial charge on any atom is 0.190 e. The van der Waals surface area contributed by atoms with Crippen molar-refractivity contribution < 1.29 is 0 Å². The van der Waals surface area contributed by atoms with Crippen LogP contribution in [0, 0.1) is 0 Å². The quantitative estimate of drug-likeness (QED) is 0.244. The van der Waals surface area contributed by atoms with Crippen LogP contribution >= 0.6 is 24.0 Å². The second kappa shape index (κ2) is 10.2. The second-order valence-corrected chi connectivity index (χ2v) is 6.12. The van der Waals surface area contributed by atoms with Crippen LogP contribution in [0.25, 0.3) is 10.9 Å². The summed E-state index contributed by atoms with van der Waals surface area (Å²) in [5.74, 6) is 0.848. The van der Waals surface area contributed by atoms with Crippen LogP contribution in [-0.2, 0) is 20.0 Å². The van der Waals surface area contributed by atoms with Crippen molar-refractivity contribution in [1.29, 1.82) is 0 Å². The van der Waals surface area contributed by atoms with E-state index in [4.69, 9.17) is 0 Å². The van der Waals surface area contributed by atoms with Gasteiger partial charge in [0, 0.05) is 51.6 Å². The highest BCUT2D eigenvalue weighted by Gasteiger charge is 2.01. The van der Waals surface area contributed by atoms with Crippen LogP contribution in [-0.4, -0.2) is 40.4 Å². The number of rotatable bonds is 7. The highest BCUT2D eigenvalue weighted by molar-refractivity contribution is 14.0. The predicted molar refractivity (Wildman–Crippen MR) is 118 cm³/mol. The third-order valence-corrected chi connectivity index (χ3v) is 4.24. The fourth-order valence-corrected chi connectivity index (χ4v) is 2.94. The average Bonchev–Trinajstić information content (AvgIpc) is 3.23. The molecule has 2 aromatic heterocycles. The molecule has 3 aromatic rings. The van der Waals surface area contributed by atoms with Gasteiger partial charge in [-0.3, -0.25) is 9.67 Å². The fourth-order valence-electron chi connectivity index (χ4n) is 2.94. The van der Waals surface area contributed by atoms with Crippen LogP contribution in [0.4, 0.5) is 0 Å². The van der Waals surface area contributed by atoms with Gasteiger partial charge in [0.15, 0.2) is 5.96 Å². The first-order valence-electron chi connectivity index (χ1n) is 8.72. The number of para-hydroxylation sites is 1. The molecule has 0 radical (unpaired) electrons. The number of nitrogens with zero attached hydrogens (tertiary/aromatic N) is 4. The van der Waals surface area contributed by atoms with Gasteiger partial charge >= 0.3 is 0 Å². The molecule has 3 rings (SSSR count). The Morgan fingerprint density at radius 1 is 1.15 bits per heavy atom. The Bertz CT molecular complexity index is 835. The van der Waals surface area contributed by atoms with Crippen LogP contribution in [0.2, 0.25) is 0 Å². The van der Waals surface area contributed by atoms with Crippen molar-refractivity contribution in [2.45, 2.75) is 19.4 Å². The number of fused-ring (bicyclic) bond motifs is 1. The number of benzene rings is 1. The molecule has 2 heterocycles. The fraction of sp³-hybridized carbons (Fsp3) is 0.368. The van der Waals surface area contributed by atoms with E-state index >= 15 is 0 Å². The molecule has 0 aliphatic carbocycles. The smallest absolute Gasteiger partial charge is 0.190 e. The molecule has 0 fully saturated rings. The van der Waals surface area contributed by atoms with Crippen LogP contribution in [0.5, 0.6) is 0 Å². The van der Waals surface area contributed by atoms with Crippen LogP contribution in [0.1, 0.15) is 12.0 Å². The summed E-state index contributed by atoms with van der Waals surface area (Å²) in [6, 6.07) is 10.7. The average molecular weight is 466 g/mol. The van der Waals surface area contributed by atoms with Gasteiger partial charge in [-0.1, -0.05) is 18.2 Å². The normalized spacial score (nSPS) is 11.4. The largest absolute Gasteiger partial charge is 0.356 e. The zero-order valence-corrected chi connectivity index (χ0v) is 17.7. The Morgan fingerprint density at radius 2 is 1.96 bits per heavy atom. The third kappa shape index (κ3) is 5.48. The number of nitrogens with one attached hydrogen (secondary N) is 2. The van der Waals surface area contributed by atoms with Crippen molar-refractivity contribution in [2.24, 2.45) is 12.0 Å². The number of aliphatic imine (C=N–C) groups is 1. The summed E-state index contributed by atoms with van der Waals surface area (Å²) in [6.45, 7) is 2.72. The lowest BCUT2D eigenvalue weighted by molar-refractivity contribution is 0.640. The molecule has 0 aliphatic rings. The van der Waals surface area contributed by atoms with E-state index < -0.39 is 0 Å². The minimum Gasteiger partial charge on any atom is -0.356 e. The molecule has 0 aliphatic heterocycles. The van der Waals surface area contributed by atoms with Crippen molar-refractivity contribution in [3.05, 3.63) is 54.5 Å². The standard InChI is InChI=1S/C19H26N6.HI/c1-20-19(22-11-8-16-14-23-24(2)15-16)21-10-5-12-25-13-9-17-6-3-4-7-18(17)25;/h3-4,6-7,9,13-15H,5,8,10-12H2,1-2H3,(H2,20,21,22);1H. The van der Waals surface area contributed by atoms with Crippen molar-refractivity contribution in [3.8, 4) is 0 Å². The molecule has 7 heteroatoms. The summed E-state index contributed by atoms with van der Waals surface area (Å²) in [5, 5.41) is 12.2. The first kappa shape index (κ1) is 20.3. The molecule has 0 amide bonds. The lowest BCUT2D eigenvalue weighted by atomic mass is 10.2. The Hall–Kier alpha value is -2.03. The van der Waals surface area contributed by atoms with Gasteiger partial charge < -0.3 is 15.2 Å². The number of aryl methyl sites for hydroxylation is 2. The molecular weight excluding hydrogens is 439 g/mol. The maximum absolute atomic E-state index is 4.28. The molecule has 0 atom stereocenters. The molecule has 26 heavy (non-hydrogen) atoms. The summed E-state index contributed by atoms with van der Waals surface area (Å²) < 4.78 is 4.13. The number of hydrogen-bond donors (Lipinski definition) is 2. The van der Waals surface area contributed by atoms with Crippen LogP contribution in [0.15, 0.2) is 53.9 Å². The molecule has 6 nitrogen and oxygen atoms in total. The first-order chi connectivity index (χ1) is 12.3. The monoisotopic (exact) mass is 466 g/mol. The highest BCUT2D eigenvalue weighted by atomic mass is 127. The topological polar surface area (TPSA) is 59.2 Å². The van der Waals surface area contributed by atoms with E-state index in [0.29, 0.717) is 0 Å².